The molecule has 0 saturated carbocycles. The fraction of sp³-hybridized carbons (Fsp3) is 0.389. The SMILES string of the molecule is CCOC(=O)OC1CCN(c2ncnc(Nc3ccc(F)cc3)c2[N+](=O)[O-])CC1. The molecule has 29 heavy (non-hydrogen) atoms. The second-order valence-electron chi connectivity index (χ2n) is 6.27. The smallest absolute Gasteiger partial charge is 0.435 e. The molecule has 1 N–H and O–H groups in total. The lowest BCUT2D eigenvalue weighted by Crippen LogP contribution is -2.38. The number of nitrogens with one attached hydrogen (secondary N) is 1. The molecule has 0 unspecified atom stereocenters. The average Bonchev–Trinajstić information content (AvgIpc) is 2.70. The number of piperidine rings is 1. The zero-order valence-corrected chi connectivity index (χ0v) is 15.7. The van der Waals surface area contributed by atoms with Gasteiger partial charge in [0.15, 0.2) is 0 Å². The molecule has 0 spiro atoms. The molecule has 0 atom stereocenters. The quantitative estimate of drug-likeness (QED) is 0.438. The van der Waals surface area contributed by atoms with Gasteiger partial charge in [0.1, 0.15) is 18.2 Å². The van der Waals surface area contributed by atoms with Crippen molar-refractivity contribution in [3.8, 4) is 0 Å². The first-order chi connectivity index (χ1) is 14.0. The number of aromatic nitrogens is 2. The first-order valence-electron chi connectivity index (χ1n) is 9.08. The third-order valence-corrected chi connectivity index (χ3v) is 4.36. The summed E-state index contributed by atoms with van der Waals surface area (Å²) in [5.74, 6) is -0.234. The summed E-state index contributed by atoms with van der Waals surface area (Å²) in [6.07, 6.45) is 1.17. The van der Waals surface area contributed by atoms with Crippen LogP contribution in [0.4, 0.5) is 32.2 Å². The molecule has 2 heterocycles. The highest BCUT2D eigenvalue weighted by Gasteiger charge is 2.31. The highest BCUT2D eigenvalue weighted by molar-refractivity contribution is 5.74. The highest BCUT2D eigenvalue weighted by atomic mass is 19.1. The fourth-order valence-electron chi connectivity index (χ4n) is 3.00. The van der Waals surface area contributed by atoms with Crippen molar-refractivity contribution in [2.24, 2.45) is 0 Å². The minimum absolute atomic E-state index is 0.0107. The van der Waals surface area contributed by atoms with Crippen LogP contribution in [0.3, 0.4) is 0 Å². The summed E-state index contributed by atoms with van der Waals surface area (Å²) in [5.41, 5.74) is 0.183. The molecule has 1 saturated heterocycles. The zero-order chi connectivity index (χ0) is 20.8. The average molecular weight is 405 g/mol. The van der Waals surface area contributed by atoms with E-state index in [1.807, 2.05) is 0 Å². The van der Waals surface area contributed by atoms with E-state index in [1.165, 1.54) is 30.6 Å². The van der Waals surface area contributed by atoms with E-state index in [0.717, 1.165) is 0 Å². The molecule has 154 valence electrons. The van der Waals surface area contributed by atoms with E-state index in [1.54, 1.807) is 11.8 Å². The highest BCUT2D eigenvalue weighted by Crippen LogP contribution is 2.35. The van der Waals surface area contributed by atoms with Crippen molar-refractivity contribution in [2.45, 2.75) is 25.9 Å². The monoisotopic (exact) mass is 405 g/mol. The lowest BCUT2D eigenvalue weighted by Gasteiger charge is -2.31. The second kappa shape index (κ2) is 9.13. The van der Waals surface area contributed by atoms with Gasteiger partial charge in [0.25, 0.3) is 0 Å². The predicted octanol–water partition coefficient (Wildman–Crippen LogP) is 3.41. The van der Waals surface area contributed by atoms with Crippen LogP contribution in [-0.4, -0.2) is 46.8 Å². The Balaban J connectivity index is 1.75. The van der Waals surface area contributed by atoms with Crippen LogP contribution in [0.25, 0.3) is 0 Å². The van der Waals surface area contributed by atoms with Crippen LogP contribution in [0.15, 0.2) is 30.6 Å². The molecule has 1 aromatic carbocycles. The van der Waals surface area contributed by atoms with Gasteiger partial charge in [0.05, 0.1) is 11.5 Å². The number of halogens is 1. The van der Waals surface area contributed by atoms with Crippen molar-refractivity contribution in [3.05, 3.63) is 46.5 Å². The maximum atomic E-state index is 13.1. The molecule has 1 aromatic heterocycles. The number of benzene rings is 1. The van der Waals surface area contributed by atoms with Gasteiger partial charge >= 0.3 is 11.8 Å². The van der Waals surface area contributed by atoms with Gasteiger partial charge in [-0.1, -0.05) is 0 Å². The number of carbonyl (C=O) groups is 1. The summed E-state index contributed by atoms with van der Waals surface area (Å²) in [5, 5.41) is 14.6. The van der Waals surface area contributed by atoms with Gasteiger partial charge < -0.3 is 19.7 Å². The Bertz CT molecular complexity index is 871. The van der Waals surface area contributed by atoms with Gasteiger partial charge in [-0.05, 0) is 31.2 Å². The maximum Gasteiger partial charge on any atom is 0.508 e. The summed E-state index contributed by atoms with van der Waals surface area (Å²) in [4.78, 5) is 32.4. The van der Waals surface area contributed by atoms with E-state index in [9.17, 15) is 19.3 Å². The summed E-state index contributed by atoms with van der Waals surface area (Å²) >= 11 is 0. The van der Waals surface area contributed by atoms with Crippen molar-refractivity contribution >= 4 is 29.2 Å². The van der Waals surface area contributed by atoms with Gasteiger partial charge in [0, 0.05) is 31.6 Å². The van der Waals surface area contributed by atoms with E-state index in [0.29, 0.717) is 31.6 Å². The van der Waals surface area contributed by atoms with Crippen molar-refractivity contribution in [2.75, 3.05) is 29.9 Å². The fourth-order valence-corrected chi connectivity index (χ4v) is 3.00. The van der Waals surface area contributed by atoms with E-state index >= 15 is 0 Å². The minimum Gasteiger partial charge on any atom is -0.435 e. The molecule has 1 aliphatic rings. The molecule has 3 rings (SSSR count). The molecule has 2 aromatic rings. The van der Waals surface area contributed by atoms with Gasteiger partial charge in [-0.15, -0.1) is 0 Å². The topological polar surface area (TPSA) is 120 Å². The van der Waals surface area contributed by atoms with Gasteiger partial charge in [-0.3, -0.25) is 10.1 Å². The third-order valence-electron chi connectivity index (χ3n) is 4.36. The second-order valence-corrected chi connectivity index (χ2v) is 6.27. The Hall–Kier alpha value is -3.50. The van der Waals surface area contributed by atoms with E-state index in [-0.39, 0.29) is 30.0 Å². The number of carbonyl (C=O) groups excluding carboxylic acids is 1. The van der Waals surface area contributed by atoms with Gasteiger partial charge in [0.2, 0.25) is 11.6 Å². The summed E-state index contributed by atoms with van der Waals surface area (Å²) in [6, 6.07) is 5.40. The van der Waals surface area contributed by atoms with Gasteiger partial charge in [-0.25, -0.2) is 19.2 Å². The van der Waals surface area contributed by atoms with Crippen molar-refractivity contribution in [3.63, 3.8) is 0 Å². The van der Waals surface area contributed by atoms with E-state index < -0.39 is 16.9 Å². The lowest BCUT2D eigenvalue weighted by atomic mass is 10.1. The number of hydrogen-bond acceptors (Lipinski definition) is 9. The minimum atomic E-state index is -0.718. The molecule has 11 heteroatoms. The molecule has 0 radical (unpaired) electrons. The maximum absolute atomic E-state index is 13.1. The molecular weight excluding hydrogens is 385 g/mol. The summed E-state index contributed by atoms with van der Waals surface area (Å²) in [6.45, 7) is 2.75. The van der Waals surface area contributed by atoms with Crippen LogP contribution in [0.2, 0.25) is 0 Å². The first-order valence-corrected chi connectivity index (χ1v) is 9.08. The Morgan fingerprint density at radius 1 is 1.31 bits per heavy atom. The Morgan fingerprint density at radius 2 is 2.00 bits per heavy atom. The number of rotatable bonds is 6. The van der Waals surface area contributed by atoms with E-state index in [2.05, 4.69) is 15.3 Å². The van der Waals surface area contributed by atoms with Crippen LogP contribution >= 0.6 is 0 Å². The van der Waals surface area contributed by atoms with Crippen LogP contribution in [0.5, 0.6) is 0 Å². The molecule has 0 amide bonds. The van der Waals surface area contributed by atoms with Gasteiger partial charge in [-0.2, -0.15) is 0 Å². The number of anilines is 3. The predicted molar refractivity (Wildman–Crippen MR) is 102 cm³/mol. The molecule has 10 nitrogen and oxygen atoms in total. The molecule has 0 bridgehead atoms. The lowest BCUT2D eigenvalue weighted by molar-refractivity contribution is -0.383. The van der Waals surface area contributed by atoms with Crippen LogP contribution in [-0.2, 0) is 9.47 Å². The normalized spacial score (nSPS) is 14.3. The van der Waals surface area contributed by atoms with Crippen molar-refractivity contribution < 1.29 is 23.6 Å². The summed E-state index contributed by atoms with van der Waals surface area (Å²) in [7, 11) is 0. The first kappa shape index (κ1) is 20.2. The van der Waals surface area contributed by atoms with Crippen LogP contribution < -0.4 is 10.2 Å². The van der Waals surface area contributed by atoms with Crippen molar-refractivity contribution in [1.29, 1.82) is 0 Å². The van der Waals surface area contributed by atoms with Crippen LogP contribution in [0, 0.1) is 15.9 Å². The molecule has 1 fully saturated rings. The Labute approximate surface area is 165 Å². The standard InChI is InChI=1S/C18H20FN5O5/c1-2-28-18(25)29-14-7-9-23(10-8-14)17-15(24(26)27)16(20-11-21-17)22-13-5-3-12(19)4-6-13/h3-6,11,14H,2,7-10H2,1H3,(H,20,21,22). The number of nitrogens with zero attached hydrogens (tertiary/aromatic N) is 4. The third kappa shape index (κ3) is 5.06. The Morgan fingerprint density at radius 3 is 2.62 bits per heavy atom. The van der Waals surface area contributed by atoms with Crippen molar-refractivity contribution in [1.82, 2.24) is 9.97 Å². The Kier molecular flexibility index (Phi) is 6.37. The molecule has 1 aliphatic heterocycles. The number of ether oxygens (including phenoxy) is 2. The molecule has 0 aliphatic carbocycles. The number of nitro groups is 1. The van der Waals surface area contributed by atoms with E-state index in [4.69, 9.17) is 9.47 Å². The van der Waals surface area contributed by atoms with Crippen LogP contribution in [0.1, 0.15) is 19.8 Å². The zero-order valence-electron chi connectivity index (χ0n) is 15.7. The largest absolute Gasteiger partial charge is 0.508 e. The summed E-state index contributed by atoms with van der Waals surface area (Å²) < 4.78 is 23.1. The molecular formula is C18H20FN5O5. The number of hydrogen-bond donors (Lipinski definition) is 1.